The number of hydrogen-bond acceptors (Lipinski definition) is 5. The monoisotopic (exact) mass is 397 g/mol. The van der Waals surface area contributed by atoms with Crippen LogP contribution in [0.25, 0.3) is 5.76 Å². The summed E-state index contributed by atoms with van der Waals surface area (Å²) in [6, 6.07) is 8.73. The number of nitrogens with zero attached hydrogens (tertiary/aromatic N) is 1. The van der Waals surface area contributed by atoms with Gasteiger partial charge in [0, 0.05) is 10.9 Å². The fourth-order valence-corrected chi connectivity index (χ4v) is 5.12. The molecule has 1 aromatic heterocycles. The number of aliphatic hydroxyl groups excluding tert-OH is 1. The van der Waals surface area contributed by atoms with Crippen molar-refractivity contribution in [1.82, 2.24) is 4.90 Å². The van der Waals surface area contributed by atoms with Crippen molar-refractivity contribution in [2.75, 3.05) is 7.11 Å². The Kier molecular flexibility index (Phi) is 4.98. The molecule has 146 valence electrons. The van der Waals surface area contributed by atoms with Crippen LogP contribution in [0.15, 0.2) is 41.3 Å². The van der Waals surface area contributed by atoms with Crippen LogP contribution in [-0.2, 0) is 9.59 Å². The topological polar surface area (TPSA) is 66.8 Å². The van der Waals surface area contributed by atoms with Gasteiger partial charge in [-0.05, 0) is 43.3 Å². The quantitative estimate of drug-likeness (QED) is 0.471. The SMILES string of the molecule is COc1ccc(C)cc1/C(O)=C1/C(=O)C(=O)N(C2CCCC2)C1c1cccs1. The molecule has 4 rings (SSSR count). The van der Waals surface area contributed by atoms with Crippen molar-refractivity contribution in [3.05, 3.63) is 57.3 Å². The zero-order valence-electron chi connectivity index (χ0n) is 16.0. The number of Topliss-reactive ketones (excluding diaryl/α,β-unsaturated/α-hetero) is 1. The number of thiophene rings is 1. The third kappa shape index (κ3) is 3.02. The van der Waals surface area contributed by atoms with Crippen molar-refractivity contribution in [3.63, 3.8) is 0 Å². The van der Waals surface area contributed by atoms with Crippen LogP contribution in [0.3, 0.4) is 0 Å². The van der Waals surface area contributed by atoms with Crippen LogP contribution in [-0.4, -0.2) is 34.8 Å². The highest BCUT2D eigenvalue weighted by Gasteiger charge is 2.49. The van der Waals surface area contributed by atoms with E-state index < -0.39 is 17.7 Å². The number of rotatable bonds is 4. The first kappa shape index (κ1) is 18.7. The van der Waals surface area contributed by atoms with Gasteiger partial charge in [0.25, 0.3) is 11.7 Å². The summed E-state index contributed by atoms with van der Waals surface area (Å²) in [5, 5.41) is 13.1. The average Bonchev–Trinajstić information content (AvgIpc) is 3.43. The van der Waals surface area contributed by atoms with Gasteiger partial charge in [0.15, 0.2) is 0 Å². The van der Waals surface area contributed by atoms with Gasteiger partial charge < -0.3 is 14.7 Å². The van der Waals surface area contributed by atoms with Gasteiger partial charge in [-0.1, -0.05) is 30.5 Å². The third-order valence-corrected chi connectivity index (χ3v) is 6.55. The number of amides is 1. The Balaban J connectivity index is 1.91. The minimum absolute atomic E-state index is 0.0354. The van der Waals surface area contributed by atoms with Gasteiger partial charge >= 0.3 is 0 Å². The van der Waals surface area contributed by atoms with E-state index in [0.717, 1.165) is 36.1 Å². The van der Waals surface area contributed by atoms with Gasteiger partial charge in [-0.3, -0.25) is 9.59 Å². The van der Waals surface area contributed by atoms with E-state index in [0.29, 0.717) is 11.3 Å². The summed E-state index contributed by atoms with van der Waals surface area (Å²) in [5.74, 6) is -0.831. The number of aryl methyl sites for hydroxylation is 1. The molecule has 2 fully saturated rings. The number of aliphatic hydroxyl groups is 1. The largest absolute Gasteiger partial charge is 0.507 e. The summed E-state index contributed by atoms with van der Waals surface area (Å²) < 4.78 is 5.39. The molecule has 0 radical (unpaired) electrons. The number of carbonyl (C=O) groups excluding carboxylic acids is 2. The van der Waals surface area contributed by atoms with Crippen LogP contribution in [0, 0.1) is 6.92 Å². The Hall–Kier alpha value is -2.60. The number of hydrogen-bond donors (Lipinski definition) is 1. The molecule has 5 nitrogen and oxygen atoms in total. The predicted octanol–water partition coefficient (Wildman–Crippen LogP) is 4.43. The van der Waals surface area contributed by atoms with Crippen molar-refractivity contribution in [2.24, 2.45) is 0 Å². The second-order valence-corrected chi connectivity index (χ2v) is 8.34. The summed E-state index contributed by atoms with van der Waals surface area (Å²) >= 11 is 1.49. The molecule has 0 spiro atoms. The van der Waals surface area contributed by atoms with Crippen molar-refractivity contribution < 1.29 is 19.4 Å². The highest BCUT2D eigenvalue weighted by atomic mass is 32.1. The molecule has 2 heterocycles. The van der Waals surface area contributed by atoms with Crippen LogP contribution in [0.5, 0.6) is 5.75 Å². The first-order valence-electron chi connectivity index (χ1n) is 9.51. The number of benzene rings is 1. The highest BCUT2D eigenvalue weighted by molar-refractivity contribution is 7.10. The molecule has 1 saturated heterocycles. The summed E-state index contributed by atoms with van der Waals surface area (Å²) in [7, 11) is 1.52. The van der Waals surface area contributed by atoms with Crippen LogP contribution >= 0.6 is 11.3 Å². The van der Waals surface area contributed by atoms with Gasteiger partial charge in [-0.15, -0.1) is 11.3 Å². The van der Waals surface area contributed by atoms with E-state index in [9.17, 15) is 14.7 Å². The molecule has 1 unspecified atom stereocenters. The van der Waals surface area contributed by atoms with E-state index in [1.54, 1.807) is 17.0 Å². The molecule has 0 bridgehead atoms. The van der Waals surface area contributed by atoms with Crippen molar-refractivity contribution >= 4 is 28.8 Å². The lowest BCUT2D eigenvalue weighted by atomic mass is 9.98. The molecule has 28 heavy (non-hydrogen) atoms. The standard InChI is InChI=1S/C22H23NO4S/c1-13-9-10-16(27-2)15(12-13)20(24)18-19(17-8-5-11-28-17)23(22(26)21(18)25)14-6-3-4-7-14/h5,8-12,14,19,24H,3-4,6-7H2,1-2H3/b20-18-. The Bertz CT molecular complexity index is 941. The van der Waals surface area contributed by atoms with Crippen molar-refractivity contribution in [3.8, 4) is 5.75 Å². The number of carbonyl (C=O) groups is 2. The van der Waals surface area contributed by atoms with E-state index in [1.165, 1.54) is 18.4 Å². The lowest BCUT2D eigenvalue weighted by Gasteiger charge is -2.29. The maximum atomic E-state index is 13.0. The van der Waals surface area contributed by atoms with E-state index in [-0.39, 0.29) is 17.4 Å². The van der Waals surface area contributed by atoms with E-state index >= 15 is 0 Å². The molecular weight excluding hydrogens is 374 g/mol. The van der Waals surface area contributed by atoms with E-state index in [1.807, 2.05) is 30.5 Å². The van der Waals surface area contributed by atoms with Crippen LogP contribution in [0.2, 0.25) is 0 Å². The fourth-order valence-electron chi connectivity index (χ4n) is 4.29. The molecule has 2 aliphatic rings. The molecule has 1 aliphatic heterocycles. The zero-order valence-corrected chi connectivity index (χ0v) is 16.8. The number of ketones is 1. The maximum absolute atomic E-state index is 13.0. The van der Waals surface area contributed by atoms with Crippen molar-refractivity contribution in [1.29, 1.82) is 0 Å². The van der Waals surface area contributed by atoms with Gasteiger partial charge in [0.05, 0.1) is 24.3 Å². The van der Waals surface area contributed by atoms with Gasteiger partial charge in [-0.25, -0.2) is 0 Å². The van der Waals surface area contributed by atoms with Crippen LogP contribution < -0.4 is 4.74 Å². The lowest BCUT2D eigenvalue weighted by molar-refractivity contribution is -0.141. The summed E-state index contributed by atoms with van der Waals surface area (Å²) in [4.78, 5) is 28.6. The predicted molar refractivity (Wildman–Crippen MR) is 108 cm³/mol. The minimum Gasteiger partial charge on any atom is -0.507 e. The third-order valence-electron chi connectivity index (χ3n) is 5.62. The Labute approximate surface area is 168 Å². The average molecular weight is 397 g/mol. The summed E-state index contributed by atoms with van der Waals surface area (Å²) in [6.45, 7) is 1.91. The first-order chi connectivity index (χ1) is 13.5. The Morgan fingerprint density at radius 1 is 1.21 bits per heavy atom. The van der Waals surface area contributed by atoms with Crippen molar-refractivity contribution in [2.45, 2.75) is 44.7 Å². The number of ether oxygens (including phenoxy) is 1. The Morgan fingerprint density at radius 2 is 1.96 bits per heavy atom. The second kappa shape index (κ2) is 7.43. The molecular formula is C22H23NO4S. The van der Waals surface area contributed by atoms with E-state index in [2.05, 4.69) is 0 Å². The molecule has 1 aromatic carbocycles. The maximum Gasteiger partial charge on any atom is 0.295 e. The summed E-state index contributed by atoms with van der Waals surface area (Å²) in [5.41, 5.74) is 1.52. The molecule has 6 heteroatoms. The Morgan fingerprint density at radius 3 is 2.61 bits per heavy atom. The second-order valence-electron chi connectivity index (χ2n) is 7.36. The minimum atomic E-state index is -0.619. The zero-order chi connectivity index (χ0) is 19.8. The van der Waals surface area contributed by atoms with E-state index in [4.69, 9.17) is 4.74 Å². The van der Waals surface area contributed by atoms with Crippen LogP contribution in [0.4, 0.5) is 0 Å². The van der Waals surface area contributed by atoms with Crippen LogP contribution in [0.1, 0.15) is 47.7 Å². The molecule has 1 aliphatic carbocycles. The lowest BCUT2D eigenvalue weighted by Crippen LogP contribution is -2.37. The van der Waals surface area contributed by atoms with Gasteiger partial charge in [-0.2, -0.15) is 0 Å². The molecule has 1 N–H and O–H groups in total. The van der Waals surface area contributed by atoms with Gasteiger partial charge in [0.2, 0.25) is 0 Å². The molecule has 1 amide bonds. The fraction of sp³-hybridized carbons (Fsp3) is 0.364. The smallest absolute Gasteiger partial charge is 0.295 e. The van der Waals surface area contributed by atoms with Gasteiger partial charge in [0.1, 0.15) is 11.5 Å². The molecule has 2 aromatic rings. The molecule has 1 atom stereocenters. The molecule has 1 saturated carbocycles. The normalized spacial score (nSPS) is 22.2. The first-order valence-corrected chi connectivity index (χ1v) is 10.4. The number of likely N-dealkylation sites (tertiary alicyclic amines) is 1. The summed E-state index contributed by atoms with van der Waals surface area (Å²) in [6.07, 6.45) is 3.89. The number of methoxy groups -OCH3 is 1. The highest BCUT2D eigenvalue weighted by Crippen LogP contribution is 2.45.